The van der Waals surface area contributed by atoms with Gasteiger partial charge in [0, 0.05) is 0 Å². The van der Waals surface area contributed by atoms with Crippen molar-refractivity contribution in [3.05, 3.63) is 36.5 Å². The zero-order valence-corrected chi connectivity index (χ0v) is 11.2. The van der Waals surface area contributed by atoms with E-state index < -0.39 is 0 Å². The maximum Gasteiger partial charge on any atom is -0.0276 e. The average molecular weight is 231 g/mol. The van der Waals surface area contributed by atoms with Crippen LogP contribution in [0.3, 0.4) is 0 Å². The minimum Gasteiger partial charge on any atom is -0.0845 e. The van der Waals surface area contributed by atoms with Crippen molar-refractivity contribution in [2.75, 3.05) is 0 Å². The fourth-order valence-corrected chi connectivity index (χ4v) is 2.17. The van der Waals surface area contributed by atoms with E-state index in [1.165, 1.54) is 64.2 Å². The molecule has 0 amide bonds. The van der Waals surface area contributed by atoms with Crippen molar-refractivity contribution < 1.29 is 0 Å². The number of rotatable bonds is 0. The molecular weight excluding hydrogens is 204 g/mol. The molecule has 0 heterocycles. The first-order chi connectivity index (χ1) is 8.50. The first-order valence-electron chi connectivity index (χ1n) is 7.38. The monoisotopic (exact) mass is 231 g/mol. The molecule has 0 aromatic rings. The van der Waals surface area contributed by atoms with Gasteiger partial charge in [0.2, 0.25) is 0 Å². The Kier molecular flexibility index (Phi) is 9.83. The zero-order valence-electron chi connectivity index (χ0n) is 11.2. The molecule has 0 heteroatoms. The second kappa shape index (κ2) is 11.7. The molecule has 0 aromatic heterocycles. The Balaban J connectivity index is 2.22. The van der Waals surface area contributed by atoms with Crippen LogP contribution in [0.25, 0.3) is 0 Å². The van der Waals surface area contributed by atoms with Crippen molar-refractivity contribution in [2.45, 2.75) is 70.6 Å². The van der Waals surface area contributed by atoms with Crippen molar-refractivity contribution in [1.82, 2.24) is 0 Å². The lowest BCUT2D eigenvalue weighted by Crippen LogP contribution is -1.81. The van der Waals surface area contributed by atoms with Gasteiger partial charge in [0.05, 0.1) is 0 Å². The van der Waals surface area contributed by atoms with E-state index in [0.717, 1.165) is 6.42 Å². The molecule has 0 spiro atoms. The summed E-state index contributed by atoms with van der Waals surface area (Å²) in [6, 6.07) is 0. The largest absolute Gasteiger partial charge is 0.0845 e. The lowest BCUT2D eigenvalue weighted by molar-refractivity contribution is 0.560. The molecule has 0 aliphatic heterocycles. The minimum absolute atomic E-state index is 1.12. The van der Waals surface area contributed by atoms with E-state index in [0.29, 0.717) is 0 Å². The van der Waals surface area contributed by atoms with Crippen LogP contribution >= 0.6 is 0 Å². The van der Waals surface area contributed by atoms with Crippen LogP contribution in [0.5, 0.6) is 0 Å². The van der Waals surface area contributed by atoms with Crippen LogP contribution in [0.1, 0.15) is 70.6 Å². The van der Waals surface area contributed by atoms with Crippen molar-refractivity contribution in [1.29, 1.82) is 0 Å². The van der Waals surface area contributed by atoms with E-state index in [4.69, 9.17) is 0 Å². The summed E-state index contributed by atoms with van der Waals surface area (Å²) in [4.78, 5) is 0. The van der Waals surface area contributed by atoms with E-state index in [1.807, 2.05) is 0 Å². The van der Waals surface area contributed by atoms with Gasteiger partial charge in [-0.2, -0.15) is 0 Å². The van der Waals surface area contributed by atoms with Gasteiger partial charge in [-0.1, -0.05) is 75.3 Å². The molecule has 1 aliphatic carbocycles. The lowest BCUT2D eigenvalue weighted by Gasteiger charge is -2.01. The molecule has 0 N–H and O–H groups in total. The molecule has 17 heavy (non-hydrogen) atoms. The SMILES string of the molecule is [C]1=C/C=C/C=C/CCCCCCCCCCC\1. The molecule has 0 bridgehead atoms. The lowest BCUT2D eigenvalue weighted by atomic mass is 10.1. The highest BCUT2D eigenvalue weighted by molar-refractivity contribution is 5.09. The molecule has 0 nitrogen and oxygen atoms in total. The standard InChI is InChI=1S/C17H27/c1-2-4-6-8-10-12-14-16-17-15-13-11-9-7-5-3-1/h1-5H,6,8-17H2/b3-1+,4-2+,7-5?. The van der Waals surface area contributed by atoms with Gasteiger partial charge in [0.25, 0.3) is 0 Å². The van der Waals surface area contributed by atoms with Crippen LogP contribution in [0, 0.1) is 6.08 Å². The Hall–Kier alpha value is -0.780. The van der Waals surface area contributed by atoms with Gasteiger partial charge in [0.15, 0.2) is 0 Å². The van der Waals surface area contributed by atoms with Crippen molar-refractivity contribution in [3.8, 4) is 0 Å². The first kappa shape index (κ1) is 14.3. The Morgan fingerprint density at radius 2 is 1.24 bits per heavy atom. The summed E-state index contributed by atoms with van der Waals surface area (Å²) >= 11 is 0. The van der Waals surface area contributed by atoms with Crippen LogP contribution in [0.15, 0.2) is 30.4 Å². The number of allylic oxidation sites excluding steroid dienone is 6. The van der Waals surface area contributed by atoms with Crippen molar-refractivity contribution in [2.24, 2.45) is 0 Å². The third kappa shape index (κ3) is 10.1. The Labute approximate surface area is 108 Å². The van der Waals surface area contributed by atoms with E-state index in [-0.39, 0.29) is 0 Å². The van der Waals surface area contributed by atoms with Crippen molar-refractivity contribution >= 4 is 0 Å². The predicted molar refractivity (Wildman–Crippen MR) is 76.9 cm³/mol. The summed E-state index contributed by atoms with van der Waals surface area (Å²) in [6.07, 6.45) is 29.0. The van der Waals surface area contributed by atoms with Crippen LogP contribution in [0.2, 0.25) is 0 Å². The summed E-state index contributed by atoms with van der Waals surface area (Å²) in [5.41, 5.74) is 0. The smallest absolute Gasteiger partial charge is 0.0276 e. The molecule has 1 rings (SSSR count). The fourth-order valence-electron chi connectivity index (χ4n) is 2.17. The normalized spacial score (nSPS) is 26.8. The second-order valence-electron chi connectivity index (χ2n) is 4.90. The molecule has 0 saturated carbocycles. The van der Waals surface area contributed by atoms with Gasteiger partial charge in [0.1, 0.15) is 0 Å². The predicted octanol–water partition coefficient (Wildman–Crippen LogP) is 5.76. The molecule has 0 saturated heterocycles. The van der Waals surface area contributed by atoms with E-state index in [9.17, 15) is 0 Å². The van der Waals surface area contributed by atoms with Crippen LogP contribution in [0.4, 0.5) is 0 Å². The highest BCUT2D eigenvalue weighted by Crippen LogP contribution is 2.11. The van der Waals surface area contributed by atoms with E-state index in [2.05, 4.69) is 36.5 Å². The van der Waals surface area contributed by atoms with Crippen molar-refractivity contribution in [3.63, 3.8) is 0 Å². The topological polar surface area (TPSA) is 0 Å². The highest BCUT2D eigenvalue weighted by Gasteiger charge is 1.92. The summed E-state index contributed by atoms with van der Waals surface area (Å²) in [5.74, 6) is 0. The summed E-state index contributed by atoms with van der Waals surface area (Å²) in [5, 5.41) is 0. The first-order valence-corrected chi connectivity index (χ1v) is 7.38. The molecule has 0 fully saturated rings. The van der Waals surface area contributed by atoms with Gasteiger partial charge in [-0.3, -0.25) is 0 Å². The van der Waals surface area contributed by atoms with Crippen LogP contribution in [-0.4, -0.2) is 0 Å². The van der Waals surface area contributed by atoms with Gasteiger partial charge >= 0.3 is 0 Å². The highest BCUT2D eigenvalue weighted by atomic mass is 14.0. The third-order valence-corrected chi connectivity index (χ3v) is 3.26. The molecular formula is C17H27. The number of hydrogen-bond donors (Lipinski definition) is 0. The Morgan fingerprint density at radius 3 is 2.00 bits per heavy atom. The maximum atomic E-state index is 3.33. The molecule has 1 radical (unpaired) electrons. The minimum atomic E-state index is 1.12. The van der Waals surface area contributed by atoms with Crippen LogP contribution < -0.4 is 0 Å². The molecule has 0 aromatic carbocycles. The summed E-state index contributed by atoms with van der Waals surface area (Å²) in [7, 11) is 0. The van der Waals surface area contributed by atoms with E-state index >= 15 is 0 Å². The second-order valence-corrected chi connectivity index (χ2v) is 4.90. The van der Waals surface area contributed by atoms with E-state index in [1.54, 1.807) is 0 Å². The van der Waals surface area contributed by atoms with Gasteiger partial charge in [-0.15, -0.1) is 0 Å². The molecule has 1 aliphatic rings. The molecule has 95 valence electrons. The maximum absolute atomic E-state index is 3.33. The summed E-state index contributed by atoms with van der Waals surface area (Å²) in [6.45, 7) is 0. The zero-order chi connectivity index (χ0) is 12.0. The van der Waals surface area contributed by atoms with Gasteiger partial charge in [-0.25, -0.2) is 0 Å². The molecule has 0 unspecified atom stereocenters. The van der Waals surface area contributed by atoms with Gasteiger partial charge in [-0.05, 0) is 31.8 Å². The Bertz CT molecular complexity index is 208. The van der Waals surface area contributed by atoms with Crippen LogP contribution in [-0.2, 0) is 0 Å². The quantitative estimate of drug-likeness (QED) is 0.497. The number of hydrogen-bond acceptors (Lipinski definition) is 0. The fraction of sp³-hybridized carbons (Fsp3) is 0.647. The molecule has 0 atom stereocenters. The van der Waals surface area contributed by atoms with Gasteiger partial charge < -0.3 is 0 Å². The Morgan fingerprint density at radius 1 is 0.588 bits per heavy atom. The average Bonchev–Trinajstić information content (AvgIpc) is 2.35. The summed E-state index contributed by atoms with van der Waals surface area (Å²) < 4.78 is 0. The third-order valence-electron chi connectivity index (χ3n) is 3.26.